The van der Waals surface area contributed by atoms with E-state index in [9.17, 15) is 21.6 Å². The normalized spacial score (nSPS) is 17.8. The van der Waals surface area contributed by atoms with Crippen LogP contribution in [-0.4, -0.2) is 41.1 Å². The summed E-state index contributed by atoms with van der Waals surface area (Å²) in [5, 5.41) is 5.06. The van der Waals surface area contributed by atoms with Gasteiger partial charge in [0.15, 0.2) is 0 Å². The predicted molar refractivity (Wildman–Crippen MR) is 87.1 cm³/mol. The molecule has 1 aliphatic heterocycles. The Hall–Kier alpha value is -1.58. The van der Waals surface area contributed by atoms with E-state index in [0.29, 0.717) is 22.2 Å². The lowest BCUT2D eigenvalue weighted by Crippen LogP contribution is -2.44. The number of hydrogen-bond acceptors (Lipinski definition) is 3. The topological polar surface area (TPSA) is 55.2 Å². The number of hydrogen-bond donors (Lipinski definition) is 0. The first-order valence-corrected chi connectivity index (χ1v) is 9.38. The number of sulfonamides is 1. The van der Waals surface area contributed by atoms with Crippen LogP contribution in [-0.2, 0) is 10.0 Å². The van der Waals surface area contributed by atoms with E-state index in [1.807, 2.05) is 0 Å². The van der Waals surface area contributed by atoms with Crippen molar-refractivity contribution in [1.82, 2.24) is 14.1 Å². The maximum atomic E-state index is 12.6. The molecule has 5 nitrogen and oxygen atoms in total. The molecule has 136 valence electrons. The van der Waals surface area contributed by atoms with E-state index in [4.69, 9.17) is 11.6 Å². The number of benzene rings is 1. The molecule has 1 aliphatic rings. The molecule has 2 heterocycles. The summed E-state index contributed by atoms with van der Waals surface area (Å²) in [7, 11) is -5.25. The van der Waals surface area contributed by atoms with Crippen molar-refractivity contribution in [3.63, 3.8) is 0 Å². The molecule has 0 aliphatic carbocycles. The quantitative estimate of drug-likeness (QED) is 0.801. The van der Waals surface area contributed by atoms with Gasteiger partial charge in [-0.1, -0.05) is 11.6 Å². The van der Waals surface area contributed by atoms with Crippen LogP contribution < -0.4 is 0 Å². The molecule has 2 aromatic rings. The summed E-state index contributed by atoms with van der Waals surface area (Å²) in [5.41, 5.74) is -3.71. The minimum Gasteiger partial charge on any atom is -0.241 e. The van der Waals surface area contributed by atoms with Gasteiger partial charge in [-0.2, -0.15) is 22.6 Å². The molecular formula is C15H15ClF3N3O2S. The molecule has 0 unspecified atom stereocenters. The number of rotatable bonds is 3. The number of halogens is 4. The molecule has 1 saturated heterocycles. The molecule has 0 N–H and O–H groups in total. The molecule has 25 heavy (non-hydrogen) atoms. The molecule has 1 aromatic heterocycles. The van der Waals surface area contributed by atoms with Crippen molar-refractivity contribution in [2.75, 3.05) is 13.1 Å². The van der Waals surface area contributed by atoms with Crippen LogP contribution in [0, 0.1) is 0 Å². The second-order valence-corrected chi connectivity index (χ2v) is 8.15. The molecule has 1 fully saturated rings. The fourth-order valence-electron chi connectivity index (χ4n) is 2.83. The summed E-state index contributed by atoms with van der Waals surface area (Å²) < 4.78 is 62.8. The Kier molecular flexibility index (Phi) is 4.82. The molecule has 0 amide bonds. The lowest BCUT2D eigenvalue weighted by Gasteiger charge is -2.30. The highest BCUT2D eigenvalue weighted by Gasteiger charge is 2.50. The van der Waals surface area contributed by atoms with Gasteiger partial charge in [0.1, 0.15) is 0 Å². The molecule has 0 atom stereocenters. The first kappa shape index (κ1) is 18.2. The van der Waals surface area contributed by atoms with E-state index < -0.39 is 15.5 Å². The van der Waals surface area contributed by atoms with E-state index in [-0.39, 0.29) is 19.0 Å². The van der Waals surface area contributed by atoms with Gasteiger partial charge in [-0.05, 0) is 43.2 Å². The summed E-state index contributed by atoms with van der Waals surface area (Å²) in [4.78, 5) is 0. The number of alkyl halides is 3. The average molecular weight is 394 g/mol. The second kappa shape index (κ2) is 6.62. The van der Waals surface area contributed by atoms with Crippen LogP contribution in [0.1, 0.15) is 24.5 Å². The van der Waals surface area contributed by atoms with Crippen LogP contribution in [0.2, 0.25) is 5.02 Å². The zero-order chi connectivity index (χ0) is 18.2. The van der Waals surface area contributed by atoms with Gasteiger partial charge >= 0.3 is 15.5 Å². The van der Waals surface area contributed by atoms with Crippen LogP contribution in [0.25, 0.3) is 5.69 Å². The van der Waals surface area contributed by atoms with Gasteiger partial charge in [-0.15, -0.1) is 0 Å². The summed E-state index contributed by atoms with van der Waals surface area (Å²) in [5.74, 6) is -0.0757. The van der Waals surface area contributed by atoms with Crippen LogP contribution in [0.4, 0.5) is 13.2 Å². The van der Waals surface area contributed by atoms with E-state index in [0.717, 1.165) is 11.4 Å². The smallest absolute Gasteiger partial charge is 0.241 e. The number of nitrogens with zero attached hydrogens (tertiary/aromatic N) is 3. The van der Waals surface area contributed by atoms with Gasteiger partial charge < -0.3 is 0 Å². The molecule has 0 saturated carbocycles. The average Bonchev–Trinajstić information content (AvgIpc) is 3.04. The Balaban J connectivity index is 1.69. The maximum Gasteiger partial charge on any atom is 0.511 e. The van der Waals surface area contributed by atoms with Gasteiger partial charge in [0.25, 0.3) is 0 Å². The van der Waals surface area contributed by atoms with Crippen molar-refractivity contribution in [3.05, 3.63) is 47.2 Å². The van der Waals surface area contributed by atoms with Crippen LogP contribution in [0.5, 0.6) is 0 Å². The predicted octanol–water partition coefficient (Wildman–Crippen LogP) is 3.55. The molecule has 10 heteroatoms. The van der Waals surface area contributed by atoms with Gasteiger partial charge in [0, 0.05) is 30.2 Å². The number of aromatic nitrogens is 2. The second-order valence-electron chi connectivity index (χ2n) is 5.79. The summed E-state index contributed by atoms with van der Waals surface area (Å²) in [6, 6.07) is 8.87. The lowest BCUT2D eigenvalue weighted by atomic mass is 9.95. The first-order chi connectivity index (χ1) is 11.7. The fraction of sp³-hybridized carbons (Fsp3) is 0.400. The molecule has 0 spiro atoms. The largest absolute Gasteiger partial charge is 0.511 e. The minimum atomic E-state index is -5.25. The third-order valence-corrected chi connectivity index (χ3v) is 6.09. The van der Waals surface area contributed by atoms with Crippen molar-refractivity contribution in [1.29, 1.82) is 0 Å². The monoisotopic (exact) mass is 393 g/mol. The van der Waals surface area contributed by atoms with Crippen LogP contribution >= 0.6 is 11.6 Å². The first-order valence-electron chi connectivity index (χ1n) is 7.56. The van der Waals surface area contributed by atoms with E-state index in [2.05, 4.69) is 5.10 Å². The molecule has 1 aromatic carbocycles. The zero-order valence-corrected chi connectivity index (χ0v) is 14.5. The number of piperidine rings is 1. The Labute approximate surface area is 148 Å². The molecule has 0 bridgehead atoms. The van der Waals surface area contributed by atoms with Gasteiger partial charge in [-0.3, -0.25) is 0 Å². The fourth-order valence-corrected chi connectivity index (χ4v) is 3.94. The minimum absolute atomic E-state index is 0.0757. The SMILES string of the molecule is O=S(=O)(N1CCC(c2ccn(-c3ccc(Cl)cc3)n2)CC1)C(F)(F)F. The lowest BCUT2D eigenvalue weighted by molar-refractivity contribution is -0.0494. The van der Waals surface area contributed by atoms with E-state index >= 15 is 0 Å². The van der Waals surface area contributed by atoms with Crippen molar-refractivity contribution >= 4 is 21.6 Å². The highest BCUT2D eigenvalue weighted by Crippen LogP contribution is 2.33. The highest BCUT2D eigenvalue weighted by molar-refractivity contribution is 7.90. The zero-order valence-electron chi connectivity index (χ0n) is 12.9. The van der Waals surface area contributed by atoms with Gasteiger partial charge in [0.05, 0.1) is 11.4 Å². The Morgan fingerprint density at radius 3 is 2.24 bits per heavy atom. The van der Waals surface area contributed by atoms with Crippen molar-refractivity contribution < 1.29 is 21.6 Å². The highest BCUT2D eigenvalue weighted by atomic mass is 35.5. The summed E-state index contributed by atoms with van der Waals surface area (Å²) in [6.45, 7) is -0.333. The Morgan fingerprint density at radius 1 is 1.08 bits per heavy atom. The Bertz CT molecular complexity index is 842. The molecule has 3 rings (SSSR count). The summed E-state index contributed by atoms with van der Waals surface area (Å²) >= 11 is 5.85. The maximum absolute atomic E-state index is 12.6. The van der Waals surface area contributed by atoms with E-state index in [1.165, 1.54) is 0 Å². The third kappa shape index (κ3) is 3.68. The van der Waals surface area contributed by atoms with Crippen molar-refractivity contribution in [2.45, 2.75) is 24.3 Å². The summed E-state index contributed by atoms with van der Waals surface area (Å²) in [6.07, 6.45) is 2.36. The molecule has 0 radical (unpaired) electrons. The van der Waals surface area contributed by atoms with Crippen molar-refractivity contribution in [2.24, 2.45) is 0 Å². The van der Waals surface area contributed by atoms with Crippen molar-refractivity contribution in [3.8, 4) is 5.69 Å². The van der Waals surface area contributed by atoms with Crippen LogP contribution in [0.3, 0.4) is 0 Å². The van der Waals surface area contributed by atoms with Crippen LogP contribution in [0.15, 0.2) is 36.5 Å². The third-order valence-electron chi connectivity index (χ3n) is 4.21. The standard InChI is InChI=1S/C15H15ClF3N3O2S/c16-12-1-3-13(4-2-12)22-10-7-14(20-22)11-5-8-21(9-6-11)25(23,24)15(17,18)19/h1-4,7,10-11H,5-6,8-9H2. The van der Waals surface area contributed by atoms with Gasteiger partial charge in [-0.25, -0.2) is 13.1 Å². The Morgan fingerprint density at radius 2 is 1.68 bits per heavy atom. The van der Waals surface area contributed by atoms with Gasteiger partial charge in [0.2, 0.25) is 0 Å². The molecular weight excluding hydrogens is 379 g/mol. The van der Waals surface area contributed by atoms with E-state index in [1.54, 1.807) is 41.2 Å².